The van der Waals surface area contributed by atoms with E-state index in [-0.39, 0.29) is 5.69 Å². The van der Waals surface area contributed by atoms with Crippen LogP contribution >= 0.6 is 0 Å². The highest BCUT2D eigenvalue weighted by Crippen LogP contribution is 2.43. The van der Waals surface area contributed by atoms with Crippen molar-refractivity contribution in [3.8, 4) is 11.5 Å². The zero-order valence-corrected chi connectivity index (χ0v) is 40.3. The SMILES string of the molecule is CCCCCCCCN(CCCCCCCC)c1ccc(N=Nc2cc(OCC(CC)CCCC)c(N=Nc3ccc([N+](=O)[O-])cc3[N+](=O)[O-])cc2OCC(CC)CCCC)c(C)c1. The first-order chi connectivity index (χ1) is 31.1. The summed E-state index contributed by atoms with van der Waals surface area (Å²) < 4.78 is 13.0. The van der Waals surface area contributed by atoms with E-state index in [0.717, 1.165) is 81.8 Å². The highest BCUT2D eigenvalue weighted by atomic mass is 16.6. The van der Waals surface area contributed by atoms with Crippen LogP contribution in [0.4, 0.5) is 39.8 Å². The zero-order valence-electron chi connectivity index (χ0n) is 40.3. The Labute approximate surface area is 384 Å². The van der Waals surface area contributed by atoms with Crippen molar-refractivity contribution >= 4 is 39.8 Å². The summed E-state index contributed by atoms with van der Waals surface area (Å²) in [5, 5.41) is 41.7. The summed E-state index contributed by atoms with van der Waals surface area (Å²) in [7, 11) is 0. The van der Waals surface area contributed by atoms with E-state index >= 15 is 0 Å². The summed E-state index contributed by atoms with van der Waals surface area (Å²) in [5.41, 5.74) is 2.71. The van der Waals surface area contributed by atoms with Crippen LogP contribution in [-0.2, 0) is 0 Å². The molecule has 0 aromatic heterocycles. The summed E-state index contributed by atoms with van der Waals surface area (Å²) in [6.07, 6.45) is 23.4. The molecule has 0 spiro atoms. The van der Waals surface area contributed by atoms with Crippen molar-refractivity contribution in [3.63, 3.8) is 0 Å². The molecule has 0 aliphatic carbocycles. The summed E-state index contributed by atoms with van der Waals surface area (Å²) in [6, 6.07) is 13.2. The number of hydrogen-bond donors (Lipinski definition) is 0. The molecule has 13 nitrogen and oxygen atoms in total. The van der Waals surface area contributed by atoms with Gasteiger partial charge in [-0.3, -0.25) is 20.2 Å². The summed E-state index contributed by atoms with van der Waals surface area (Å²) in [4.78, 5) is 24.5. The van der Waals surface area contributed by atoms with Gasteiger partial charge in [0.15, 0.2) is 5.69 Å². The third-order valence-electron chi connectivity index (χ3n) is 12.1. The molecule has 2 unspecified atom stereocenters. The van der Waals surface area contributed by atoms with E-state index in [1.54, 1.807) is 12.1 Å². The van der Waals surface area contributed by atoms with E-state index in [0.29, 0.717) is 47.9 Å². The number of hydrogen-bond acceptors (Lipinski definition) is 11. The van der Waals surface area contributed by atoms with Gasteiger partial charge in [0.1, 0.15) is 22.9 Å². The van der Waals surface area contributed by atoms with Gasteiger partial charge in [0, 0.05) is 37.0 Å². The first-order valence-electron chi connectivity index (χ1n) is 24.6. The number of azo groups is 2. The van der Waals surface area contributed by atoms with Gasteiger partial charge in [-0.05, 0) is 74.3 Å². The topological polar surface area (TPSA) is 157 Å². The molecule has 64 heavy (non-hydrogen) atoms. The fraction of sp³-hybridized carbons (Fsp3) is 0.647. The number of benzene rings is 3. The van der Waals surface area contributed by atoms with Gasteiger partial charge in [0.2, 0.25) is 0 Å². The normalized spacial score (nSPS) is 12.5. The quantitative estimate of drug-likeness (QED) is 0.0246. The summed E-state index contributed by atoms with van der Waals surface area (Å²) >= 11 is 0. The second kappa shape index (κ2) is 31.0. The molecule has 3 aromatic rings. The number of nitrogens with zero attached hydrogens (tertiary/aromatic N) is 7. The molecule has 0 aliphatic rings. The minimum Gasteiger partial charge on any atom is -0.491 e. The Morgan fingerprint density at radius 2 is 0.984 bits per heavy atom. The molecule has 2 atom stereocenters. The maximum Gasteiger partial charge on any atom is 0.303 e. The standard InChI is InChI=1S/C51H79N7O6/c1-8-14-18-20-22-24-32-56(33-25-23-21-19-15-9-2)43-28-30-45(40(7)34-43)52-54-47-36-51(64-39-42(13-6)27-17-11-4)48(37-50(47)63-38-41(12-5)26-16-10-3)55-53-46-31-29-44(57(59)60)35-49(46)58(61)62/h28-31,34-37,41-42H,8-27,32-33,38-39H2,1-7H3. The second-order valence-corrected chi connectivity index (χ2v) is 17.3. The molecule has 0 saturated heterocycles. The summed E-state index contributed by atoms with van der Waals surface area (Å²) in [5.74, 6) is 1.44. The number of non-ortho nitro benzene ring substituents is 1. The zero-order chi connectivity index (χ0) is 46.5. The Morgan fingerprint density at radius 1 is 0.531 bits per heavy atom. The van der Waals surface area contributed by atoms with Crippen LogP contribution in [0.2, 0.25) is 0 Å². The maximum atomic E-state index is 12.0. The molecule has 354 valence electrons. The van der Waals surface area contributed by atoms with Crippen molar-refractivity contribution in [1.29, 1.82) is 0 Å². The van der Waals surface area contributed by atoms with E-state index in [4.69, 9.17) is 19.7 Å². The Bertz CT molecular complexity index is 1870. The fourth-order valence-electron chi connectivity index (χ4n) is 7.69. The van der Waals surface area contributed by atoms with Gasteiger partial charge >= 0.3 is 5.69 Å². The predicted molar refractivity (Wildman–Crippen MR) is 262 cm³/mol. The van der Waals surface area contributed by atoms with Crippen LogP contribution in [0, 0.1) is 39.0 Å². The molecule has 0 N–H and O–H groups in total. The molecule has 13 heteroatoms. The molecule has 0 saturated carbocycles. The third kappa shape index (κ3) is 19.0. The van der Waals surface area contributed by atoms with Crippen molar-refractivity contribution < 1.29 is 19.3 Å². The highest BCUT2D eigenvalue weighted by molar-refractivity contribution is 5.68. The number of anilines is 1. The van der Waals surface area contributed by atoms with E-state index in [9.17, 15) is 20.2 Å². The first-order valence-corrected chi connectivity index (χ1v) is 24.6. The minimum atomic E-state index is -0.700. The number of nitro groups is 2. The van der Waals surface area contributed by atoms with Gasteiger partial charge in [0.05, 0.1) is 34.8 Å². The number of aryl methyl sites for hydroxylation is 1. The molecular formula is C51H79N7O6. The molecule has 0 bridgehead atoms. The number of rotatable bonds is 35. The molecule has 3 aromatic carbocycles. The van der Waals surface area contributed by atoms with E-state index < -0.39 is 21.2 Å². The molecule has 0 fully saturated rings. The van der Waals surface area contributed by atoms with E-state index in [1.807, 2.05) is 0 Å². The molecule has 0 radical (unpaired) electrons. The minimum absolute atomic E-state index is 0.121. The van der Waals surface area contributed by atoms with Gasteiger partial charge in [-0.25, -0.2) is 0 Å². The van der Waals surface area contributed by atoms with Crippen LogP contribution in [0.25, 0.3) is 0 Å². The van der Waals surface area contributed by atoms with Crippen LogP contribution in [0.1, 0.15) is 176 Å². The van der Waals surface area contributed by atoms with Crippen molar-refractivity contribution in [2.75, 3.05) is 31.2 Å². The lowest BCUT2D eigenvalue weighted by Crippen LogP contribution is -2.25. The van der Waals surface area contributed by atoms with Crippen LogP contribution in [0.5, 0.6) is 11.5 Å². The third-order valence-corrected chi connectivity index (χ3v) is 12.1. The molecular weight excluding hydrogens is 807 g/mol. The predicted octanol–water partition coefficient (Wildman–Crippen LogP) is 17.4. The van der Waals surface area contributed by atoms with E-state index in [2.05, 4.69) is 81.8 Å². The van der Waals surface area contributed by atoms with Crippen molar-refractivity contribution in [2.24, 2.45) is 32.3 Å². The maximum absolute atomic E-state index is 12.0. The number of unbranched alkanes of at least 4 members (excludes halogenated alkanes) is 12. The number of nitro benzene ring substituents is 2. The van der Waals surface area contributed by atoms with Gasteiger partial charge in [0.25, 0.3) is 5.69 Å². The fourth-order valence-corrected chi connectivity index (χ4v) is 7.69. The first kappa shape index (κ1) is 53.4. The highest BCUT2D eigenvalue weighted by Gasteiger charge is 2.21. The summed E-state index contributed by atoms with van der Waals surface area (Å²) in [6.45, 7) is 18.2. The van der Waals surface area contributed by atoms with Crippen LogP contribution in [0.15, 0.2) is 69.0 Å². The monoisotopic (exact) mass is 886 g/mol. The Hall–Kier alpha value is -4.94. The lowest BCUT2D eigenvalue weighted by atomic mass is 10.0. The second-order valence-electron chi connectivity index (χ2n) is 17.3. The Balaban J connectivity index is 2.07. The van der Waals surface area contributed by atoms with Crippen molar-refractivity contribution in [1.82, 2.24) is 0 Å². The average Bonchev–Trinajstić information content (AvgIpc) is 3.29. The molecule has 0 heterocycles. The van der Waals surface area contributed by atoms with E-state index in [1.165, 1.54) is 94.9 Å². The van der Waals surface area contributed by atoms with Gasteiger partial charge < -0.3 is 14.4 Å². The average molecular weight is 886 g/mol. The molecule has 0 amide bonds. The lowest BCUT2D eigenvalue weighted by molar-refractivity contribution is -0.393. The Kier molecular flexibility index (Phi) is 25.9. The molecule has 3 rings (SSSR count). The van der Waals surface area contributed by atoms with Gasteiger partial charge in [-0.1, -0.05) is 144 Å². The van der Waals surface area contributed by atoms with Gasteiger partial charge in [-0.15, -0.1) is 15.3 Å². The van der Waals surface area contributed by atoms with Crippen LogP contribution in [0.3, 0.4) is 0 Å². The lowest BCUT2D eigenvalue weighted by Gasteiger charge is -2.26. The largest absolute Gasteiger partial charge is 0.491 e. The smallest absolute Gasteiger partial charge is 0.303 e. The van der Waals surface area contributed by atoms with Crippen molar-refractivity contribution in [3.05, 3.63) is 74.3 Å². The Morgan fingerprint density at radius 3 is 1.44 bits per heavy atom. The van der Waals surface area contributed by atoms with Crippen molar-refractivity contribution in [2.45, 2.75) is 177 Å². The van der Waals surface area contributed by atoms with Gasteiger partial charge in [-0.2, -0.15) is 5.11 Å². The van der Waals surface area contributed by atoms with Crippen LogP contribution in [-0.4, -0.2) is 36.1 Å². The molecule has 0 aliphatic heterocycles. The van der Waals surface area contributed by atoms with Crippen LogP contribution < -0.4 is 14.4 Å². The number of ether oxygens (including phenoxy) is 2.